The van der Waals surface area contributed by atoms with Crippen LogP contribution >= 0.6 is 11.3 Å². The minimum atomic E-state index is -3.51. The Morgan fingerprint density at radius 1 is 1.13 bits per heavy atom. The van der Waals surface area contributed by atoms with Crippen LogP contribution in [0.3, 0.4) is 0 Å². The van der Waals surface area contributed by atoms with Crippen LogP contribution in [0.5, 0.6) is 0 Å². The van der Waals surface area contributed by atoms with Gasteiger partial charge < -0.3 is 10.6 Å². The van der Waals surface area contributed by atoms with Gasteiger partial charge in [0.1, 0.15) is 0 Å². The van der Waals surface area contributed by atoms with E-state index in [1.54, 1.807) is 30.0 Å². The molecular weight excluding hydrogens is 420 g/mol. The maximum atomic E-state index is 13.2. The molecule has 1 saturated heterocycles. The summed E-state index contributed by atoms with van der Waals surface area (Å²) in [6.07, 6.45) is 0.690. The van der Waals surface area contributed by atoms with Crippen LogP contribution in [0, 0.1) is 0 Å². The molecule has 6 nitrogen and oxygen atoms in total. The third-order valence-electron chi connectivity index (χ3n) is 5.57. The van der Waals surface area contributed by atoms with Gasteiger partial charge in [-0.05, 0) is 35.6 Å². The average molecular weight is 443 g/mol. The minimum absolute atomic E-state index is 0.0254. The lowest BCUT2D eigenvalue weighted by Crippen LogP contribution is -2.30. The van der Waals surface area contributed by atoms with E-state index < -0.39 is 15.7 Å². The number of hydrogen-bond donors (Lipinski definition) is 1. The number of carbonyl (C=O) groups excluding carboxylic acids is 2. The standard InChI is InChI=1S/C22H22N2O4S2/c1-2-30(27,28)18-10-6-4-8-16(18)22(26)24-12-11-14(13-24)19-15-7-3-5-9-17(15)29-20(19)21(23)25/h3-10,14H,2,11-13H2,1H3,(H2,23,25)/t14-/m1/s1. The first-order chi connectivity index (χ1) is 14.3. The zero-order valence-corrected chi connectivity index (χ0v) is 18.1. The Morgan fingerprint density at radius 2 is 1.83 bits per heavy atom. The van der Waals surface area contributed by atoms with E-state index in [1.807, 2.05) is 24.3 Å². The highest BCUT2D eigenvalue weighted by molar-refractivity contribution is 7.91. The molecule has 156 valence electrons. The summed E-state index contributed by atoms with van der Waals surface area (Å²) in [6.45, 7) is 2.47. The van der Waals surface area contributed by atoms with Crippen LogP contribution in [0.25, 0.3) is 10.1 Å². The van der Waals surface area contributed by atoms with Gasteiger partial charge in [0, 0.05) is 23.7 Å². The van der Waals surface area contributed by atoms with Crippen molar-refractivity contribution < 1.29 is 18.0 Å². The fraction of sp³-hybridized carbons (Fsp3) is 0.273. The smallest absolute Gasteiger partial charge is 0.259 e. The third kappa shape index (κ3) is 3.50. The molecule has 1 atom stereocenters. The summed E-state index contributed by atoms with van der Waals surface area (Å²) < 4.78 is 25.9. The van der Waals surface area contributed by atoms with E-state index in [0.717, 1.165) is 15.6 Å². The maximum Gasteiger partial charge on any atom is 0.259 e. The lowest BCUT2D eigenvalue weighted by Gasteiger charge is -2.19. The number of amides is 2. The minimum Gasteiger partial charge on any atom is -0.365 e. The molecule has 0 unspecified atom stereocenters. The molecule has 0 aliphatic carbocycles. The van der Waals surface area contributed by atoms with Crippen LogP contribution in [0.4, 0.5) is 0 Å². The predicted octanol–water partition coefficient (Wildman–Crippen LogP) is 3.42. The Bertz CT molecular complexity index is 1250. The van der Waals surface area contributed by atoms with E-state index in [0.29, 0.717) is 24.4 Å². The molecule has 2 N–H and O–H groups in total. The summed E-state index contributed by atoms with van der Waals surface area (Å²) in [5.41, 5.74) is 6.73. The lowest BCUT2D eigenvalue weighted by molar-refractivity contribution is 0.0787. The van der Waals surface area contributed by atoms with Crippen LogP contribution in [-0.4, -0.2) is 44.0 Å². The Morgan fingerprint density at radius 3 is 2.57 bits per heavy atom. The van der Waals surface area contributed by atoms with Gasteiger partial charge in [0.15, 0.2) is 9.84 Å². The number of nitrogens with zero attached hydrogens (tertiary/aromatic N) is 1. The van der Waals surface area contributed by atoms with Crippen molar-refractivity contribution in [2.24, 2.45) is 5.73 Å². The summed E-state index contributed by atoms with van der Waals surface area (Å²) in [5.74, 6) is -0.855. The van der Waals surface area contributed by atoms with Gasteiger partial charge in [-0.2, -0.15) is 0 Å². The maximum absolute atomic E-state index is 13.2. The highest BCUT2D eigenvalue weighted by atomic mass is 32.2. The Labute approximate surface area is 179 Å². The van der Waals surface area contributed by atoms with Crippen molar-refractivity contribution in [2.75, 3.05) is 18.8 Å². The molecule has 3 aromatic rings. The van der Waals surface area contributed by atoms with Crippen molar-refractivity contribution >= 4 is 43.1 Å². The van der Waals surface area contributed by atoms with Gasteiger partial charge in [-0.3, -0.25) is 9.59 Å². The number of hydrogen-bond acceptors (Lipinski definition) is 5. The fourth-order valence-corrected chi connectivity index (χ4v) is 6.30. The van der Waals surface area contributed by atoms with E-state index in [2.05, 4.69) is 0 Å². The Hall–Kier alpha value is -2.71. The molecule has 2 amide bonds. The molecular formula is C22H22N2O4S2. The van der Waals surface area contributed by atoms with Gasteiger partial charge in [0.2, 0.25) is 0 Å². The summed E-state index contributed by atoms with van der Waals surface area (Å²) in [4.78, 5) is 27.5. The largest absolute Gasteiger partial charge is 0.365 e. The van der Waals surface area contributed by atoms with Gasteiger partial charge in [-0.25, -0.2) is 8.42 Å². The number of fused-ring (bicyclic) bond motifs is 1. The first-order valence-electron chi connectivity index (χ1n) is 9.75. The Kier molecular flexibility index (Phi) is 5.38. The van der Waals surface area contributed by atoms with E-state index in [1.165, 1.54) is 17.4 Å². The van der Waals surface area contributed by atoms with E-state index >= 15 is 0 Å². The van der Waals surface area contributed by atoms with E-state index in [4.69, 9.17) is 5.73 Å². The van der Waals surface area contributed by atoms with Gasteiger partial charge in [0.05, 0.1) is 21.1 Å². The second-order valence-corrected chi connectivity index (χ2v) is 10.6. The zero-order chi connectivity index (χ0) is 21.5. The second-order valence-electron chi connectivity index (χ2n) is 7.34. The molecule has 0 radical (unpaired) electrons. The molecule has 1 aliphatic heterocycles. The number of carbonyl (C=O) groups is 2. The zero-order valence-electron chi connectivity index (χ0n) is 16.5. The number of benzene rings is 2. The monoisotopic (exact) mass is 442 g/mol. The molecule has 8 heteroatoms. The van der Waals surface area contributed by atoms with Gasteiger partial charge in [-0.1, -0.05) is 37.3 Å². The SMILES string of the molecule is CCS(=O)(=O)c1ccccc1C(=O)N1CC[C@@H](c2c(C(N)=O)sc3ccccc23)C1. The first-order valence-corrected chi connectivity index (χ1v) is 12.2. The van der Waals surface area contributed by atoms with Crippen LogP contribution in [0.1, 0.15) is 44.9 Å². The predicted molar refractivity (Wildman–Crippen MR) is 118 cm³/mol. The van der Waals surface area contributed by atoms with Crippen LogP contribution in [0.2, 0.25) is 0 Å². The van der Waals surface area contributed by atoms with Crippen LogP contribution in [0.15, 0.2) is 53.4 Å². The van der Waals surface area contributed by atoms with Crippen molar-refractivity contribution in [2.45, 2.75) is 24.2 Å². The quantitative estimate of drug-likeness (QED) is 0.655. The average Bonchev–Trinajstić information content (AvgIpc) is 3.38. The van der Waals surface area contributed by atoms with Crippen molar-refractivity contribution in [3.05, 3.63) is 64.5 Å². The first kappa shape index (κ1) is 20.6. The summed E-state index contributed by atoms with van der Waals surface area (Å²) in [5, 5.41) is 0.990. The Balaban J connectivity index is 1.67. The molecule has 1 aliphatic rings. The van der Waals surface area contributed by atoms with Gasteiger partial charge in [0.25, 0.3) is 11.8 Å². The van der Waals surface area contributed by atoms with Crippen molar-refractivity contribution in [3.8, 4) is 0 Å². The molecule has 0 saturated carbocycles. The van der Waals surface area contributed by atoms with Crippen molar-refractivity contribution in [3.63, 3.8) is 0 Å². The summed E-state index contributed by atoms with van der Waals surface area (Å²) in [6, 6.07) is 14.1. The molecule has 30 heavy (non-hydrogen) atoms. The molecule has 0 spiro atoms. The van der Waals surface area contributed by atoms with Crippen molar-refractivity contribution in [1.82, 2.24) is 4.90 Å². The summed E-state index contributed by atoms with van der Waals surface area (Å²) in [7, 11) is -3.51. The number of primary amides is 1. The van der Waals surface area contributed by atoms with E-state index in [9.17, 15) is 18.0 Å². The molecule has 0 bridgehead atoms. The molecule has 2 aromatic carbocycles. The normalized spacial score (nSPS) is 16.8. The van der Waals surface area contributed by atoms with Crippen LogP contribution < -0.4 is 5.73 Å². The van der Waals surface area contributed by atoms with Crippen molar-refractivity contribution in [1.29, 1.82) is 0 Å². The van der Waals surface area contributed by atoms with Crippen LogP contribution in [-0.2, 0) is 9.84 Å². The van der Waals surface area contributed by atoms with Gasteiger partial charge in [-0.15, -0.1) is 11.3 Å². The highest BCUT2D eigenvalue weighted by Gasteiger charge is 2.34. The fourth-order valence-electron chi connectivity index (χ4n) is 4.07. The molecule has 2 heterocycles. The third-order valence-corrected chi connectivity index (χ3v) is 8.56. The molecule has 1 aromatic heterocycles. The lowest BCUT2D eigenvalue weighted by atomic mass is 9.95. The topological polar surface area (TPSA) is 97.5 Å². The van der Waals surface area contributed by atoms with Gasteiger partial charge >= 0.3 is 0 Å². The number of likely N-dealkylation sites (tertiary alicyclic amines) is 1. The summed E-state index contributed by atoms with van der Waals surface area (Å²) >= 11 is 1.38. The molecule has 1 fully saturated rings. The molecule has 4 rings (SSSR count). The number of sulfone groups is 1. The number of nitrogens with two attached hydrogens (primary N) is 1. The second kappa shape index (κ2) is 7.85. The van der Waals surface area contributed by atoms with E-state index in [-0.39, 0.29) is 28.0 Å². The number of thiophene rings is 1. The highest BCUT2D eigenvalue weighted by Crippen LogP contribution is 2.40. The number of rotatable bonds is 5.